The molecule has 88 valence electrons. The van der Waals surface area contributed by atoms with Crippen molar-refractivity contribution in [1.82, 2.24) is 15.5 Å². The number of likely N-dealkylation sites (tertiary alicyclic amines) is 1. The molecule has 1 aliphatic rings. The number of amides is 1. The summed E-state index contributed by atoms with van der Waals surface area (Å²) in [6.45, 7) is 5.47. The zero-order valence-electron chi connectivity index (χ0n) is 9.88. The molecule has 15 heavy (non-hydrogen) atoms. The number of carbonyl (C=O) groups excluding carboxylic acids is 1. The predicted molar refractivity (Wildman–Crippen MR) is 61.8 cm³/mol. The average Bonchev–Trinajstić information content (AvgIpc) is 2.63. The van der Waals surface area contributed by atoms with Crippen molar-refractivity contribution in [2.45, 2.75) is 32.2 Å². The van der Waals surface area contributed by atoms with Crippen LogP contribution in [0.3, 0.4) is 0 Å². The van der Waals surface area contributed by atoms with Crippen LogP contribution in [-0.2, 0) is 4.79 Å². The number of nitrogens with one attached hydrogen (secondary N) is 2. The number of carbonyl (C=O) groups is 1. The predicted octanol–water partition coefficient (Wildman–Crippen LogP) is 0.196. The van der Waals surface area contributed by atoms with Gasteiger partial charge in [0.15, 0.2) is 0 Å². The number of rotatable bonds is 6. The Morgan fingerprint density at radius 2 is 2.33 bits per heavy atom. The maximum absolute atomic E-state index is 11.5. The van der Waals surface area contributed by atoms with Crippen molar-refractivity contribution in [3.8, 4) is 0 Å². The fourth-order valence-corrected chi connectivity index (χ4v) is 2.07. The van der Waals surface area contributed by atoms with Gasteiger partial charge in [-0.2, -0.15) is 0 Å². The molecule has 0 bridgehead atoms. The van der Waals surface area contributed by atoms with E-state index in [4.69, 9.17) is 0 Å². The first-order valence-corrected chi connectivity index (χ1v) is 5.93. The van der Waals surface area contributed by atoms with Gasteiger partial charge in [-0.15, -0.1) is 0 Å². The zero-order chi connectivity index (χ0) is 11.1. The molecule has 2 N–H and O–H groups in total. The average molecular weight is 213 g/mol. The first kappa shape index (κ1) is 12.5. The molecule has 1 unspecified atom stereocenters. The van der Waals surface area contributed by atoms with Gasteiger partial charge in [0.1, 0.15) is 0 Å². The van der Waals surface area contributed by atoms with Crippen LogP contribution in [0.4, 0.5) is 0 Å². The van der Waals surface area contributed by atoms with Gasteiger partial charge in [0.05, 0.1) is 6.54 Å². The van der Waals surface area contributed by atoms with Crippen LogP contribution in [0.2, 0.25) is 0 Å². The van der Waals surface area contributed by atoms with E-state index in [1.165, 1.54) is 12.8 Å². The molecule has 1 heterocycles. The maximum Gasteiger partial charge on any atom is 0.234 e. The minimum Gasteiger partial charge on any atom is -0.355 e. The van der Waals surface area contributed by atoms with E-state index >= 15 is 0 Å². The maximum atomic E-state index is 11.5. The van der Waals surface area contributed by atoms with E-state index in [-0.39, 0.29) is 5.91 Å². The molecule has 0 spiro atoms. The van der Waals surface area contributed by atoms with E-state index in [0.717, 1.165) is 26.1 Å². The molecule has 1 atom stereocenters. The van der Waals surface area contributed by atoms with E-state index in [1.54, 1.807) is 0 Å². The van der Waals surface area contributed by atoms with Crippen LogP contribution in [0, 0.1) is 0 Å². The zero-order valence-corrected chi connectivity index (χ0v) is 9.88. The summed E-state index contributed by atoms with van der Waals surface area (Å²) in [4.78, 5) is 13.8. The number of hydrogen-bond acceptors (Lipinski definition) is 3. The molecule has 0 aliphatic carbocycles. The van der Waals surface area contributed by atoms with Crippen molar-refractivity contribution in [2.75, 3.05) is 33.2 Å². The Kier molecular flexibility index (Phi) is 5.65. The van der Waals surface area contributed by atoms with Crippen LogP contribution in [0.5, 0.6) is 0 Å². The molecule has 0 radical (unpaired) electrons. The number of likely N-dealkylation sites (N-methyl/N-ethyl adjacent to an activating group) is 1. The van der Waals surface area contributed by atoms with E-state index < -0.39 is 0 Å². The van der Waals surface area contributed by atoms with Crippen LogP contribution < -0.4 is 10.6 Å². The second kappa shape index (κ2) is 6.80. The summed E-state index contributed by atoms with van der Waals surface area (Å²) in [6.07, 6.45) is 3.43. The molecule has 4 nitrogen and oxygen atoms in total. The van der Waals surface area contributed by atoms with E-state index in [2.05, 4.69) is 22.5 Å². The number of hydrogen-bond donors (Lipinski definition) is 2. The Morgan fingerprint density at radius 3 is 3.00 bits per heavy atom. The lowest BCUT2D eigenvalue weighted by Crippen LogP contribution is -2.43. The van der Waals surface area contributed by atoms with Crippen LogP contribution in [0.1, 0.15) is 26.2 Å². The SMILES string of the molecule is CCCNC(=O)CN1CCCC1CNC. The van der Waals surface area contributed by atoms with Gasteiger partial charge < -0.3 is 10.6 Å². The van der Waals surface area contributed by atoms with Gasteiger partial charge in [-0.25, -0.2) is 0 Å². The Labute approximate surface area is 92.4 Å². The fraction of sp³-hybridized carbons (Fsp3) is 0.909. The summed E-state index contributed by atoms with van der Waals surface area (Å²) >= 11 is 0. The normalized spacial score (nSPS) is 21.9. The third kappa shape index (κ3) is 4.18. The van der Waals surface area contributed by atoms with Crippen molar-refractivity contribution in [3.05, 3.63) is 0 Å². The molecule has 0 aromatic rings. The third-order valence-corrected chi connectivity index (χ3v) is 2.86. The van der Waals surface area contributed by atoms with Gasteiger partial charge in [0, 0.05) is 19.1 Å². The minimum absolute atomic E-state index is 0.167. The Hall–Kier alpha value is -0.610. The monoisotopic (exact) mass is 213 g/mol. The van der Waals surface area contributed by atoms with Crippen LogP contribution in [0.25, 0.3) is 0 Å². The largest absolute Gasteiger partial charge is 0.355 e. The van der Waals surface area contributed by atoms with Crippen LogP contribution in [-0.4, -0.2) is 50.1 Å². The Morgan fingerprint density at radius 1 is 1.53 bits per heavy atom. The molecule has 0 saturated carbocycles. The Bertz CT molecular complexity index is 196. The first-order chi connectivity index (χ1) is 7.27. The van der Waals surface area contributed by atoms with Crippen LogP contribution >= 0.6 is 0 Å². The van der Waals surface area contributed by atoms with Gasteiger partial charge in [-0.3, -0.25) is 9.69 Å². The Balaban J connectivity index is 2.26. The lowest BCUT2D eigenvalue weighted by atomic mass is 10.2. The van der Waals surface area contributed by atoms with Gasteiger partial charge in [-0.1, -0.05) is 6.92 Å². The van der Waals surface area contributed by atoms with E-state index in [0.29, 0.717) is 12.6 Å². The molecule has 1 saturated heterocycles. The van der Waals surface area contributed by atoms with Gasteiger partial charge in [0.2, 0.25) is 5.91 Å². The first-order valence-electron chi connectivity index (χ1n) is 5.93. The van der Waals surface area contributed by atoms with Crippen LogP contribution in [0.15, 0.2) is 0 Å². The van der Waals surface area contributed by atoms with Crippen molar-refractivity contribution in [3.63, 3.8) is 0 Å². The second-order valence-corrected chi connectivity index (χ2v) is 4.17. The summed E-state index contributed by atoms with van der Waals surface area (Å²) in [5.41, 5.74) is 0. The summed E-state index contributed by atoms with van der Waals surface area (Å²) in [5.74, 6) is 0.167. The topological polar surface area (TPSA) is 44.4 Å². The summed E-state index contributed by atoms with van der Waals surface area (Å²) in [7, 11) is 1.97. The lowest BCUT2D eigenvalue weighted by molar-refractivity contribution is -0.122. The quantitative estimate of drug-likeness (QED) is 0.662. The summed E-state index contributed by atoms with van der Waals surface area (Å²) < 4.78 is 0. The minimum atomic E-state index is 0.167. The highest BCUT2D eigenvalue weighted by Crippen LogP contribution is 2.15. The molecule has 0 aromatic carbocycles. The standard InChI is InChI=1S/C11H23N3O/c1-3-6-13-11(15)9-14-7-4-5-10(14)8-12-2/h10,12H,3-9H2,1-2H3,(H,13,15). The fourth-order valence-electron chi connectivity index (χ4n) is 2.07. The summed E-state index contributed by atoms with van der Waals surface area (Å²) in [5, 5.41) is 6.10. The highest BCUT2D eigenvalue weighted by atomic mass is 16.2. The van der Waals surface area contributed by atoms with Crippen molar-refractivity contribution in [1.29, 1.82) is 0 Å². The van der Waals surface area contributed by atoms with Gasteiger partial charge >= 0.3 is 0 Å². The van der Waals surface area contributed by atoms with E-state index in [9.17, 15) is 4.79 Å². The molecule has 1 fully saturated rings. The van der Waals surface area contributed by atoms with Crippen molar-refractivity contribution >= 4 is 5.91 Å². The number of nitrogens with zero attached hydrogens (tertiary/aromatic N) is 1. The molecule has 1 aliphatic heterocycles. The van der Waals surface area contributed by atoms with Gasteiger partial charge in [0.25, 0.3) is 0 Å². The van der Waals surface area contributed by atoms with Crippen molar-refractivity contribution in [2.24, 2.45) is 0 Å². The molecule has 0 aromatic heterocycles. The smallest absolute Gasteiger partial charge is 0.234 e. The molecular weight excluding hydrogens is 190 g/mol. The molecule has 4 heteroatoms. The molecule has 1 rings (SSSR count). The van der Waals surface area contributed by atoms with E-state index in [1.807, 2.05) is 7.05 Å². The molecular formula is C11H23N3O. The highest BCUT2D eigenvalue weighted by molar-refractivity contribution is 5.78. The second-order valence-electron chi connectivity index (χ2n) is 4.17. The highest BCUT2D eigenvalue weighted by Gasteiger charge is 2.25. The summed E-state index contributed by atoms with van der Waals surface area (Å²) in [6, 6.07) is 0.544. The van der Waals surface area contributed by atoms with Gasteiger partial charge in [-0.05, 0) is 32.9 Å². The molecule has 1 amide bonds. The lowest BCUT2D eigenvalue weighted by Gasteiger charge is -2.23. The van der Waals surface area contributed by atoms with Crippen molar-refractivity contribution < 1.29 is 4.79 Å². The third-order valence-electron chi connectivity index (χ3n) is 2.86.